The van der Waals surface area contributed by atoms with Crippen LogP contribution in [0.3, 0.4) is 0 Å². The van der Waals surface area contributed by atoms with E-state index < -0.39 is 28.3 Å². The number of nitro benzene ring substituents is 1. The molecule has 1 rings (SSSR count). The van der Waals surface area contributed by atoms with Crippen molar-refractivity contribution in [1.82, 2.24) is 0 Å². The van der Waals surface area contributed by atoms with E-state index in [0.717, 1.165) is 6.07 Å². The van der Waals surface area contributed by atoms with E-state index in [-0.39, 0.29) is 18.4 Å². The molecule has 88 valence electrons. The molecule has 0 unspecified atom stereocenters. The number of rotatable bonds is 4. The second-order valence-corrected chi connectivity index (χ2v) is 3.54. The largest absolute Gasteiger partial charge is 0.393 e. The van der Waals surface area contributed by atoms with Crippen LogP contribution in [-0.2, 0) is 6.42 Å². The van der Waals surface area contributed by atoms with E-state index in [4.69, 9.17) is 5.11 Å². The monoisotopic (exact) mass is 231 g/mol. The van der Waals surface area contributed by atoms with Crippen LogP contribution in [0.4, 0.5) is 14.5 Å². The van der Waals surface area contributed by atoms with Crippen LogP contribution in [0.25, 0.3) is 0 Å². The first-order valence-corrected chi connectivity index (χ1v) is 4.72. The third kappa shape index (κ3) is 2.96. The topological polar surface area (TPSA) is 63.4 Å². The van der Waals surface area contributed by atoms with Gasteiger partial charge in [-0.05, 0) is 31.4 Å². The molecule has 0 fully saturated rings. The average molecular weight is 231 g/mol. The van der Waals surface area contributed by atoms with Crippen molar-refractivity contribution in [3.63, 3.8) is 0 Å². The van der Waals surface area contributed by atoms with Crippen molar-refractivity contribution in [3.8, 4) is 0 Å². The molecule has 0 aromatic heterocycles. The molecule has 6 heteroatoms. The molecule has 0 saturated carbocycles. The van der Waals surface area contributed by atoms with Crippen LogP contribution in [0, 0.1) is 21.7 Å². The van der Waals surface area contributed by atoms with E-state index in [9.17, 15) is 18.9 Å². The van der Waals surface area contributed by atoms with Gasteiger partial charge >= 0.3 is 5.69 Å². The number of aliphatic hydroxyl groups is 1. The molecule has 0 aliphatic carbocycles. The van der Waals surface area contributed by atoms with Crippen molar-refractivity contribution >= 4 is 5.69 Å². The minimum atomic E-state index is -1.06. The zero-order chi connectivity index (χ0) is 12.3. The highest BCUT2D eigenvalue weighted by atomic mass is 19.1. The Hall–Kier alpha value is -1.56. The number of nitrogens with zero attached hydrogens (tertiary/aromatic N) is 1. The molecule has 1 aromatic rings. The third-order valence-corrected chi connectivity index (χ3v) is 2.14. The van der Waals surface area contributed by atoms with Crippen molar-refractivity contribution in [2.45, 2.75) is 25.9 Å². The van der Waals surface area contributed by atoms with E-state index in [1.54, 1.807) is 0 Å². The van der Waals surface area contributed by atoms with E-state index >= 15 is 0 Å². The predicted octanol–water partition coefficient (Wildman–Crippen LogP) is 2.19. The Kier molecular flexibility index (Phi) is 3.89. The Morgan fingerprint density at radius 2 is 2.06 bits per heavy atom. The minimum Gasteiger partial charge on any atom is -0.393 e. The molecule has 4 nitrogen and oxygen atoms in total. The van der Waals surface area contributed by atoms with Gasteiger partial charge in [-0.15, -0.1) is 0 Å². The summed E-state index contributed by atoms with van der Waals surface area (Å²) in [6.07, 6.45) is -0.218. The third-order valence-electron chi connectivity index (χ3n) is 2.14. The highest BCUT2D eigenvalue weighted by molar-refractivity contribution is 5.36. The highest BCUT2D eigenvalue weighted by Gasteiger charge is 2.18. The summed E-state index contributed by atoms with van der Waals surface area (Å²) in [7, 11) is 0. The number of hydrogen-bond donors (Lipinski definition) is 1. The van der Waals surface area contributed by atoms with Crippen molar-refractivity contribution in [3.05, 3.63) is 39.4 Å². The molecule has 1 atom stereocenters. The van der Waals surface area contributed by atoms with Gasteiger partial charge in [-0.25, -0.2) is 4.39 Å². The molecule has 0 radical (unpaired) electrons. The second kappa shape index (κ2) is 4.98. The first kappa shape index (κ1) is 12.5. The maximum absolute atomic E-state index is 13.3. The quantitative estimate of drug-likeness (QED) is 0.638. The van der Waals surface area contributed by atoms with E-state index in [1.807, 2.05) is 0 Å². The minimum absolute atomic E-state index is 0.0315. The van der Waals surface area contributed by atoms with Gasteiger partial charge in [0.25, 0.3) is 0 Å². The lowest BCUT2D eigenvalue weighted by Gasteiger charge is -2.05. The molecule has 0 aliphatic heterocycles. The fourth-order valence-corrected chi connectivity index (χ4v) is 1.27. The number of nitro groups is 1. The van der Waals surface area contributed by atoms with Gasteiger partial charge in [0.2, 0.25) is 5.82 Å². The fourth-order valence-electron chi connectivity index (χ4n) is 1.27. The highest BCUT2D eigenvalue weighted by Crippen LogP contribution is 2.22. The summed E-state index contributed by atoms with van der Waals surface area (Å²) < 4.78 is 26.4. The van der Waals surface area contributed by atoms with Gasteiger partial charge in [-0.2, -0.15) is 4.39 Å². The van der Waals surface area contributed by atoms with Gasteiger partial charge in [0.1, 0.15) is 5.82 Å². The van der Waals surface area contributed by atoms with Crippen molar-refractivity contribution in [1.29, 1.82) is 0 Å². The predicted molar refractivity (Wildman–Crippen MR) is 53.0 cm³/mol. The molecule has 0 spiro atoms. The Morgan fingerprint density at radius 1 is 1.44 bits per heavy atom. The lowest BCUT2D eigenvalue weighted by molar-refractivity contribution is -0.387. The second-order valence-electron chi connectivity index (χ2n) is 3.54. The average Bonchev–Trinajstić information content (AvgIpc) is 2.18. The molecule has 0 aliphatic rings. The van der Waals surface area contributed by atoms with Crippen molar-refractivity contribution in [2.24, 2.45) is 0 Å². The summed E-state index contributed by atoms with van der Waals surface area (Å²) in [6, 6.07) is 1.36. The van der Waals surface area contributed by atoms with E-state index in [0.29, 0.717) is 6.07 Å². The molecular weight excluding hydrogens is 220 g/mol. The van der Waals surface area contributed by atoms with Crippen LogP contribution >= 0.6 is 0 Å². The fraction of sp³-hybridized carbons (Fsp3) is 0.400. The zero-order valence-corrected chi connectivity index (χ0v) is 8.61. The molecule has 1 aromatic carbocycles. The maximum Gasteiger partial charge on any atom is 0.307 e. The number of benzene rings is 1. The van der Waals surface area contributed by atoms with Gasteiger partial charge < -0.3 is 5.11 Å². The van der Waals surface area contributed by atoms with Crippen molar-refractivity contribution < 1.29 is 18.8 Å². The molecule has 0 saturated heterocycles. The van der Waals surface area contributed by atoms with E-state index in [2.05, 4.69) is 0 Å². The van der Waals surface area contributed by atoms with Crippen LogP contribution in [0.15, 0.2) is 12.1 Å². The van der Waals surface area contributed by atoms with Crippen molar-refractivity contribution in [2.75, 3.05) is 0 Å². The SMILES string of the molecule is C[C@H](O)CCc1cc(F)c([N+](=O)[O-])cc1F. The molecule has 16 heavy (non-hydrogen) atoms. The summed E-state index contributed by atoms with van der Waals surface area (Å²) in [5.74, 6) is -1.89. The maximum atomic E-state index is 13.3. The Balaban J connectivity index is 2.96. The molecule has 0 heterocycles. The Bertz CT molecular complexity index is 407. The van der Waals surface area contributed by atoms with Gasteiger partial charge in [0.15, 0.2) is 0 Å². The first-order chi connectivity index (χ1) is 7.41. The standard InChI is InChI=1S/C10H11F2NO3/c1-6(14)2-3-7-4-9(12)10(13(15)16)5-8(7)11/h4-6,14H,2-3H2,1H3/t6-/m0/s1. The summed E-state index contributed by atoms with van der Waals surface area (Å²) in [5.41, 5.74) is -0.845. The van der Waals surface area contributed by atoms with Crippen LogP contribution in [-0.4, -0.2) is 16.1 Å². The van der Waals surface area contributed by atoms with Gasteiger partial charge in [-0.3, -0.25) is 10.1 Å². The number of aliphatic hydroxyl groups excluding tert-OH is 1. The molecule has 0 amide bonds. The van der Waals surface area contributed by atoms with Crippen LogP contribution in [0.1, 0.15) is 18.9 Å². The Morgan fingerprint density at radius 3 is 2.56 bits per heavy atom. The Labute approximate surface area is 90.7 Å². The summed E-state index contributed by atoms with van der Waals surface area (Å²) in [6.45, 7) is 1.53. The molecule has 0 bridgehead atoms. The summed E-state index contributed by atoms with van der Waals surface area (Å²) in [5, 5.41) is 19.3. The van der Waals surface area contributed by atoms with Gasteiger partial charge in [0.05, 0.1) is 17.1 Å². The van der Waals surface area contributed by atoms with Gasteiger partial charge in [-0.1, -0.05) is 0 Å². The molecule has 1 N–H and O–H groups in total. The first-order valence-electron chi connectivity index (χ1n) is 4.72. The van der Waals surface area contributed by atoms with Crippen LogP contribution < -0.4 is 0 Å². The van der Waals surface area contributed by atoms with Gasteiger partial charge in [0, 0.05) is 0 Å². The number of halogens is 2. The zero-order valence-electron chi connectivity index (χ0n) is 8.61. The van der Waals surface area contributed by atoms with Crippen LogP contribution in [0.5, 0.6) is 0 Å². The number of aryl methyl sites for hydroxylation is 1. The summed E-state index contributed by atoms with van der Waals surface area (Å²) >= 11 is 0. The van der Waals surface area contributed by atoms with Crippen LogP contribution in [0.2, 0.25) is 0 Å². The summed E-state index contributed by atoms with van der Waals surface area (Å²) in [4.78, 5) is 9.33. The normalized spacial score (nSPS) is 12.5. The smallest absolute Gasteiger partial charge is 0.307 e. The number of hydrogen-bond acceptors (Lipinski definition) is 3. The lowest BCUT2D eigenvalue weighted by Crippen LogP contribution is -2.04. The molecular formula is C10H11F2NO3. The lowest BCUT2D eigenvalue weighted by atomic mass is 10.1. The van der Waals surface area contributed by atoms with E-state index in [1.165, 1.54) is 6.92 Å².